The zero-order valence-electron chi connectivity index (χ0n) is 49.2. The summed E-state index contributed by atoms with van der Waals surface area (Å²) in [6.07, 6.45) is 69.5. The first kappa shape index (κ1) is 71.2. The summed E-state index contributed by atoms with van der Waals surface area (Å²) < 4.78 is 23.7. The maximum Gasteiger partial charge on any atom is 0.472 e. The number of quaternary nitrogens is 1. The molecule has 0 aromatic heterocycles. The molecule has 3 atom stereocenters. The molecule has 9 heteroatoms. The summed E-state index contributed by atoms with van der Waals surface area (Å²) in [4.78, 5) is 23.2. The lowest BCUT2D eigenvalue weighted by Crippen LogP contribution is -2.45. The Bertz CT molecular complexity index is 1180. The zero-order valence-corrected chi connectivity index (χ0v) is 50.1. The Kier molecular flexibility index (Phi) is 54.4. The fourth-order valence-electron chi connectivity index (χ4n) is 9.99. The Morgan fingerprint density at radius 3 is 1.03 bits per heavy atom. The van der Waals surface area contributed by atoms with Crippen LogP contribution in [0.15, 0.2) is 12.2 Å². The molecule has 72 heavy (non-hydrogen) atoms. The number of carbonyl (C=O) groups excluding carboxylic acids is 1. The molecular formula is C63H128N2O6P+. The number of nitrogens with zero attached hydrogens (tertiary/aromatic N) is 1. The van der Waals surface area contributed by atoms with Gasteiger partial charge in [0.15, 0.2) is 0 Å². The summed E-state index contributed by atoms with van der Waals surface area (Å²) in [5, 5.41) is 13.9. The van der Waals surface area contributed by atoms with Gasteiger partial charge in [0, 0.05) is 6.42 Å². The van der Waals surface area contributed by atoms with Crippen molar-refractivity contribution in [2.75, 3.05) is 40.9 Å². The van der Waals surface area contributed by atoms with Gasteiger partial charge < -0.3 is 19.8 Å². The quantitative estimate of drug-likeness (QED) is 0.0243. The maximum atomic E-state index is 12.9. The predicted octanol–water partition coefficient (Wildman–Crippen LogP) is 19.8. The molecule has 0 radical (unpaired) electrons. The van der Waals surface area contributed by atoms with E-state index < -0.39 is 20.0 Å². The average Bonchev–Trinajstić information content (AvgIpc) is 3.34. The molecule has 430 valence electrons. The Labute approximate surface area is 450 Å². The molecule has 1 amide bonds. The van der Waals surface area contributed by atoms with Crippen LogP contribution in [-0.4, -0.2) is 73.4 Å². The third-order valence-electron chi connectivity index (χ3n) is 15.0. The van der Waals surface area contributed by atoms with Crippen LogP contribution in [0.25, 0.3) is 0 Å². The topological polar surface area (TPSA) is 105 Å². The van der Waals surface area contributed by atoms with Crippen molar-refractivity contribution in [3.63, 3.8) is 0 Å². The molecule has 3 N–H and O–H groups in total. The third-order valence-corrected chi connectivity index (χ3v) is 16.0. The highest BCUT2D eigenvalue weighted by Gasteiger charge is 2.28. The van der Waals surface area contributed by atoms with Crippen molar-refractivity contribution in [3.8, 4) is 0 Å². The van der Waals surface area contributed by atoms with Crippen LogP contribution in [0.5, 0.6) is 0 Å². The highest BCUT2D eigenvalue weighted by molar-refractivity contribution is 7.47. The van der Waals surface area contributed by atoms with E-state index in [1.807, 2.05) is 27.2 Å². The summed E-state index contributed by atoms with van der Waals surface area (Å²) in [7, 11) is 1.59. The Balaban J connectivity index is 3.78. The van der Waals surface area contributed by atoms with Crippen LogP contribution in [0.3, 0.4) is 0 Å². The Morgan fingerprint density at radius 1 is 0.458 bits per heavy atom. The number of aliphatic hydroxyl groups excluding tert-OH is 1. The Hall–Kier alpha value is -0.760. The summed E-state index contributed by atoms with van der Waals surface area (Å²) in [5.74, 6) is -0.171. The van der Waals surface area contributed by atoms with Crippen LogP contribution >= 0.6 is 7.82 Å². The summed E-state index contributed by atoms with van der Waals surface area (Å²) in [5.41, 5.74) is 0. The molecule has 0 fully saturated rings. The van der Waals surface area contributed by atoms with E-state index in [2.05, 4.69) is 19.2 Å². The average molecular weight is 1040 g/mol. The lowest BCUT2D eigenvalue weighted by Gasteiger charge is -2.25. The molecule has 0 aromatic carbocycles. The van der Waals surface area contributed by atoms with Crippen LogP contribution in [-0.2, 0) is 18.4 Å². The molecule has 0 aliphatic rings. The monoisotopic (exact) mass is 1040 g/mol. The SMILES string of the molecule is CCCCCCCCCCC/C=C/C(O)C(COP(=O)(O)OCC[N+](C)(C)C)NC(=O)CCCCCCCCCCCCCCCCCCCCCCCCCCCCCCCCCCCCCCCCC. The van der Waals surface area contributed by atoms with Gasteiger partial charge in [0.1, 0.15) is 13.2 Å². The van der Waals surface area contributed by atoms with Crippen molar-refractivity contribution in [2.45, 2.75) is 347 Å². The molecule has 0 saturated carbocycles. The van der Waals surface area contributed by atoms with E-state index in [-0.39, 0.29) is 19.1 Å². The number of carbonyl (C=O) groups is 1. The number of hydrogen-bond acceptors (Lipinski definition) is 5. The number of aliphatic hydroxyl groups is 1. The van der Waals surface area contributed by atoms with Gasteiger partial charge in [-0.1, -0.05) is 321 Å². The number of phosphoric acid groups is 1. The van der Waals surface area contributed by atoms with Gasteiger partial charge in [-0.3, -0.25) is 13.8 Å². The number of amides is 1. The fraction of sp³-hybridized carbons (Fsp3) is 0.952. The normalized spacial score (nSPS) is 13.8. The van der Waals surface area contributed by atoms with E-state index in [4.69, 9.17) is 9.05 Å². The highest BCUT2D eigenvalue weighted by Crippen LogP contribution is 2.43. The summed E-state index contributed by atoms with van der Waals surface area (Å²) >= 11 is 0. The van der Waals surface area contributed by atoms with Crippen LogP contribution in [0.4, 0.5) is 0 Å². The van der Waals surface area contributed by atoms with Gasteiger partial charge in [0.05, 0.1) is 39.9 Å². The van der Waals surface area contributed by atoms with Crippen molar-refractivity contribution < 1.29 is 32.9 Å². The van der Waals surface area contributed by atoms with Crippen molar-refractivity contribution >= 4 is 13.7 Å². The van der Waals surface area contributed by atoms with Gasteiger partial charge >= 0.3 is 7.82 Å². The molecule has 0 aromatic rings. The number of likely N-dealkylation sites (N-methyl/N-ethyl adjacent to an activating group) is 1. The predicted molar refractivity (Wildman–Crippen MR) is 314 cm³/mol. The molecule has 0 heterocycles. The number of nitrogens with one attached hydrogen (secondary N) is 1. The second kappa shape index (κ2) is 55.0. The zero-order chi connectivity index (χ0) is 52.7. The van der Waals surface area contributed by atoms with Crippen LogP contribution < -0.4 is 5.32 Å². The highest BCUT2D eigenvalue weighted by atomic mass is 31.2. The van der Waals surface area contributed by atoms with Crippen molar-refractivity contribution in [3.05, 3.63) is 12.2 Å². The molecule has 8 nitrogen and oxygen atoms in total. The second-order valence-electron chi connectivity index (χ2n) is 23.5. The van der Waals surface area contributed by atoms with Gasteiger partial charge in [-0.25, -0.2) is 4.57 Å². The van der Waals surface area contributed by atoms with Gasteiger partial charge in [0.2, 0.25) is 5.91 Å². The number of unbranched alkanes of at least 4 members (excludes halogenated alkanes) is 47. The smallest absolute Gasteiger partial charge is 0.387 e. The molecule has 0 bridgehead atoms. The van der Waals surface area contributed by atoms with Crippen molar-refractivity contribution in [1.82, 2.24) is 5.32 Å². The van der Waals surface area contributed by atoms with Crippen molar-refractivity contribution in [1.29, 1.82) is 0 Å². The van der Waals surface area contributed by atoms with E-state index in [1.54, 1.807) is 6.08 Å². The molecule has 3 unspecified atom stereocenters. The number of rotatable bonds is 60. The molecular weight excluding hydrogens is 912 g/mol. The second-order valence-corrected chi connectivity index (χ2v) is 25.0. The molecule has 0 aliphatic heterocycles. The molecule has 0 aliphatic carbocycles. The first-order valence-corrected chi connectivity index (χ1v) is 33.6. The Morgan fingerprint density at radius 2 is 0.736 bits per heavy atom. The third kappa shape index (κ3) is 57.0. The summed E-state index contributed by atoms with van der Waals surface area (Å²) in [6, 6.07) is -0.841. The first-order valence-electron chi connectivity index (χ1n) is 32.1. The van der Waals surface area contributed by atoms with E-state index in [0.29, 0.717) is 17.4 Å². The van der Waals surface area contributed by atoms with E-state index in [9.17, 15) is 19.4 Å². The fourth-order valence-corrected chi connectivity index (χ4v) is 10.7. The minimum Gasteiger partial charge on any atom is -0.387 e. The number of hydrogen-bond donors (Lipinski definition) is 3. The van der Waals surface area contributed by atoms with E-state index >= 15 is 0 Å². The summed E-state index contributed by atoms with van der Waals surface area (Å²) in [6.45, 7) is 4.84. The maximum absolute atomic E-state index is 12.9. The lowest BCUT2D eigenvalue weighted by atomic mass is 10.0. The largest absolute Gasteiger partial charge is 0.472 e. The first-order chi connectivity index (χ1) is 35.0. The van der Waals surface area contributed by atoms with Gasteiger partial charge in [0.25, 0.3) is 0 Å². The molecule has 0 saturated heterocycles. The number of phosphoric ester groups is 1. The van der Waals surface area contributed by atoms with Crippen molar-refractivity contribution in [2.24, 2.45) is 0 Å². The van der Waals surface area contributed by atoms with Crippen LogP contribution in [0, 0.1) is 0 Å². The van der Waals surface area contributed by atoms with E-state index in [0.717, 1.165) is 38.5 Å². The minimum atomic E-state index is -4.34. The molecule has 0 rings (SSSR count). The lowest BCUT2D eigenvalue weighted by molar-refractivity contribution is -0.870. The van der Waals surface area contributed by atoms with E-state index in [1.165, 1.54) is 276 Å². The minimum absolute atomic E-state index is 0.0648. The van der Waals surface area contributed by atoms with Gasteiger partial charge in [-0.05, 0) is 19.3 Å². The molecule has 0 spiro atoms. The van der Waals surface area contributed by atoms with Gasteiger partial charge in [-0.15, -0.1) is 0 Å². The van der Waals surface area contributed by atoms with Crippen LogP contribution in [0.2, 0.25) is 0 Å². The van der Waals surface area contributed by atoms with Gasteiger partial charge in [-0.2, -0.15) is 0 Å². The van der Waals surface area contributed by atoms with Crippen LogP contribution in [0.1, 0.15) is 335 Å². The number of allylic oxidation sites excluding steroid dienone is 1. The standard InChI is InChI=1S/C63H127N2O6P/c1-6-8-10-12-14-16-18-19-20-21-22-23-24-25-26-27-28-29-30-31-32-33-34-35-36-37-38-39-40-41-42-43-44-45-47-49-51-53-55-57-63(67)64-61(60-71-72(68,69)70-59-58-65(3,4)5)62(66)56-54-52-50-48-46-17-15-13-11-9-7-2/h54,56,61-62,66H,6-53,55,57-60H2,1-5H3,(H-,64,67,68,69)/p+1/b56-54+.